The van der Waals surface area contributed by atoms with Crippen LogP contribution >= 0.6 is 0 Å². The van der Waals surface area contributed by atoms with Crippen LogP contribution in [-0.2, 0) is 22.7 Å². The third-order valence-electron chi connectivity index (χ3n) is 6.22. The van der Waals surface area contributed by atoms with E-state index in [0.717, 1.165) is 30.8 Å². The van der Waals surface area contributed by atoms with E-state index in [0.29, 0.717) is 36.9 Å². The Bertz CT molecular complexity index is 793. The van der Waals surface area contributed by atoms with Gasteiger partial charge in [0.1, 0.15) is 6.04 Å². The Labute approximate surface area is 158 Å². The molecule has 0 bridgehead atoms. The standard InChI is InChI=1S/C20H26N4O3/c1-12-8-23(10-14(12)7-21)9-13-3-2-4-15-16(13)11-24(20(15)27)17-5-6-18(25)22-19(17)26/h2-4,12,14,17H,5-11,21H2,1H3,(H,22,25,26)/t12-,14-,17?/m1/s1. The van der Waals surface area contributed by atoms with Crippen molar-refractivity contribution < 1.29 is 14.4 Å². The molecule has 0 spiro atoms. The van der Waals surface area contributed by atoms with Gasteiger partial charge in [-0.3, -0.25) is 24.6 Å². The molecule has 1 unspecified atom stereocenters. The SMILES string of the molecule is C[C@@H]1CN(Cc2cccc3c2CN(C2CCC(=O)NC2=O)C3=O)C[C@H]1CN. The van der Waals surface area contributed by atoms with E-state index in [9.17, 15) is 14.4 Å². The Morgan fingerprint density at radius 1 is 1.22 bits per heavy atom. The first-order chi connectivity index (χ1) is 13.0. The van der Waals surface area contributed by atoms with Gasteiger partial charge >= 0.3 is 0 Å². The fourth-order valence-electron chi connectivity index (χ4n) is 4.62. The van der Waals surface area contributed by atoms with Crippen LogP contribution in [0.3, 0.4) is 0 Å². The summed E-state index contributed by atoms with van der Waals surface area (Å²) >= 11 is 0. The molecule has 3 heterocycles. The van der Waals surface area contributed by atoms with E-state index in [4.69, 9.17) is 5.73 Å². The van der Waals surface area contributed by atoms with Crippen molar-refractivity contribution in [3.8, 4) is 0 Å². The summed E-state index contributed by atoms with van der Waals surface area (Å²) in [7, 11) is 0. The fourth-order valence-corrected chi connectivity index (χ4v) is 4.62. The number of rotatable bonds is 4. The van der Waals surface area contributed by atoms with Gasteiger partial charge in [-0.1, -0.05) is 19.1 Å². The quantitative estimate of drug-likeness (QED) is 0.752. The number of hydrogen-bond acceptors (Lipinski definition) is 5. The predicted molar refractivity (Wildman–Crippen MR) is 99.5 cm³/mol. The topological polar surface area (TPSA) is 95.7 Å². The van der Waals surface area contributed by atoms with Crippen molar-refractivity contribution >= 4 is 17.7 Å². The Hall–Kier alpha value is -2.25. The minimum atomic E-state index is -0.566. The van der Waals surface area contributed by atoms with Crippen LogP contribution in [0.2, 0.25) is 0 Å². The first-order valence-electron chi connectivity index (χ1n) is 9.65. The number of amides is 3. The van der Waals surface area contributed by atoms with Crippen LogP contribution in [0, 0.1) is 11.8 Å². The normalized spacial score (nSPS) is 28.6. The zero-order chi connectivity index (χ0) is 19.1. The van der Waals surface area contributed by atoms with Gasteiger partial charge in [0.05, 0.1) is 0 Å². The summed E-state index contributed by atoms with van der Waals surface area (Å²) in [5.74, 6) is 0.347. The van der Waals surface area contributed by atoms with E-state index in [1.165, 1.54) is 0 Å². The van der Waals surface area contributed by atoms with Crippen molar-refractivity contribution in [1.29, 1.82) is 0 Å². The minimum Gasteiger partial charge on any atom is -0.330 e. The van der Waals surface area contributed by atoms with Gasteiger partial charge in [0.2, 0.25) is 11.8 Å². The van der Waals surface area contributed by atoms with Crippen LogP contribution in [0.15, 0.2) is 18.2 Å². The number of carbonyl (C=O) groups excluding carboxylic acids is 3. The Balaban J connectivity index is 1.53. The van der Waals surface area contributed by atoms with Crippen LogP contribution in [0.1, 0.15) is 41.3 Å². The molecule has 1 aromatic rings. The van der Waals surface area contributed by atoms with E-state index < -0.39 is 6.04 Å². The van der Waals surface area contributed by atoms with Gasteiger partial charge in [-0.25, -0.2) is 0 Å². The number of piperidine rings is 1. The summed E-state index contributed by atoms with van der Waals surface area (Å²) in [5, 5.41) is 2.35. The predicted octanol–water partition coefficient (Wildman–Crippen LogP) is 0.474. The van der Waals surface area contributed by atoms with Gasteiger partial charge in [0, 0.05) is 38.2 Å². The first-order valence-corrected chi connectivity index (χ1v) is 9.65. The molecule has 3 aliphatic rings. The zero-order valence-corrected chi connectivity index (χ0v) is 15.6. The maximum absolute atomic E-state index is 12.9. The van der Waals surface area contributed by atoms with E-state index in [2.05, 4.69) is 23.2 Å². The number of fused-ring (bicyclic) bond motifs is 1. The fraction of sp³-hybridized carbons (Fsp3) is 0.550. The lowest BCUT2D eigenvalue weighted by Gasteiger charge is -2.29. The molecule has 3 N–H and O–H groups in total. The molecule has 3 atom stereocenters. The molecule has 0 aliphatic carbocycles. The largest absolute Gasteiger partial charge is 0.330 e. The molecular weight excluding hydrogens is 344 g/mol. The number of carbonyl (C=O) groups is 3. The molecular formula is C20H26N4O3. The lowest BCUT2D eigenvalue weighted by Crippen LogP contribution is -2.52. The molecule has 7 heteroatoms. The van der Waals surface area contributed by atoms with Gasteiger partial charge in [0.25, 0.3) is 5.91 Å². The highest BCUT2D eigenvalue weighted by Crippen LogP contribution is 2.31. The lowest BCUT2D eigenvalue weighted by atomic mass is 9.99. The molecule has 27 heavy (non-hydrogen) atoms. The van der Waals surface area contributed by atoms with Crippen molar-refractivity contribution in [3.05, 3.63) is 34.9 Å². The number of hydrogen-bond donors (Lipinski definition) is 2. The van der Waals surface area contributed by atoms with Crippen LogP contribution in [0.4, 0.5) is 0 Å². The summed E-state index contributed by atoms with van der Waals surface area (Å²) in [6, 6.07) is 5.26. The maximum atomic E-state index is 12.9. The Morgan fingerprint density at radius 3 is 2.74 bits per heavy atom. The molecule has 144 valence electrons. The van der Waals surface area contributed by atoms with Crippen LogP contribution < -0.4 is 11.1 Å². The van der Waals surface area contributed by atoms with Crippen LogP contribution in [-0.4, -0.2) is 53.2 Å². The molecule has 3 aliphatic heterocycles. The summed E-state index contributed by atoms with van der Waals surface area (Å²) in [6.45, 7) is 6.15. The third-order valence-corrected chi connectivity index (χ3v) is 6.22. The lowest BCUT2D eigenvalue weighted by molar-refractivity contribution is -0.136. The van der Waals surface area contributed by atoms with Gasteiger partial charge < -0.3 is 10.6 Å². The molecule has 3 amide bonds. The highest BCUT2D eigenvalue weighted by Gasteiger charge is 2.40. The van der Waals surface area contributed by atoms with Crippen LogP contribution in [0.5, 0.6) is 0 Å². The number of benzene rings is 1. The first kappa shape index (κ1) is 18.1. The van der Waals surface area contributed by atoms with E-state index in [-0.39, 0.29) is 24.1 Å². The van der Waals surface area contributed by atoms with E-state index in [1.807, 2.05) is 12.1 Å². The summed E-state index contributed by atoms with van der Waals surface area (Å²) < 4.78 is 0. The van der Waals surface area contributed by atoms with E-state index >= 15 is 0 Å². The Morgan fingerprint density at radius 2 is 2.04 bits per heavy atom. The average molecular weight is 370 g/mol. The molecule has 0 saturated carbocycles. The number of imide groups is 1. The second-order valence-corrected chi connectivity index (χ2v) is 8.01. The molecule has 0 aromatic heterocycles. The summed E-state index contributed by atoms with van der Waals surface area (Å²) in [6.07, 6.45) is 0.664. The van der Waals surface area contributed by atoms with Crippen molar-refractivity contribution in [2.24, 2.45) is 17.6 Å². The average Bonchev–Trinajstić information content (AvgIpc) is 3.16. The maximum Gasteiger partial charge on any atom is 0.255 e. The van der Waals surface area contributed by atoms with Gasteiger partial charge in [-0.05, 0) is 42.0 Å². The summed E-state index contributed by atoms with van der Waals surface area (Å²) in [5.41, 5.74) is 8.70. The minimum absolute atomic E-state index is 0.115. The van der Waals surface area contributed by atoms with Crippen molar-refractivity contribution in [2.75, 3.05) is 19.6 Å². The second kappa shape index (κ2) is 7.05. The van der Waals surface area contributed by atoms with Crippen molar-refractivity contribution in [2.45, 2.75) is 38.9 Å². The number of nitrogens with one attached hydrogen (secondary N) is 1. The molecule has 1 aromatic carbocycles. The highest BCUT2D eigenvalue weighted by atomic mass is 16.2. The van der Waals surface area contributed by atoms with Gasteiger partial charge in [-0.15, -0.1) is 0 Å². The van der Waals surface area contributed by atoms with Gasteiger partial charge in [0.15, 0.2) is 0 Å². The molecule has 7 nitrogen and oxygen atoms in total. The number of likely N-dealkylation sites (tertiary alicyclic amines) is 1. The molecule has 0 radical (unpaired) electrons. The monoisotopic (exact) mass is 370 g/mol. The molecule has 4 rings (SSSR count). The van der Waals surface area contributed by atoms with Crippen molar-refractivity contribution in [3.63, 3.8) is 0 Å². The number of nitrogens with zero attached hydrogens (tertiary/aromatic N) is 2. The van der Waals surface area contributed by atoms with Crippen molar-refractivity contribution in [1.82, 2.24) is 15.1 Å². The van der Waals surface area contributed by atoms with Crippen LogP contribution in [0.25, 0.3) is 0 Å². The smallest absolute Gasteiger partial charge is 0.255 e. The molecule has 2 fully saturated rings. The zero-order valence-electron chi connectivity index (χ0n) is 15.6. The van der Waals surface area contributed by atoms with E-state index in [1.54, 1.807) is 4.90 Å². The third kappa shape index (κ3) is 3.26. The highest BCUT2D eigenvalue weighted by molar-refractivity contribution is 6.05. The Kier molecular flexibility index (Phi) is 4.74. The number of nitrogens with two attached hydrogens (primary N) is 1. The summed E-state index contributed by atoms with van der Waals surface area (Å²) in [4.78, 5) is 40.5. The molecule has 2 saturated heterocycles. The van der Waals surface area contributed by atoms with Gasteiger partial charge in [-0.2, -0.15) is 0 Å². The second-order valence-electron chi connectivity index (χ2n) is 8.01.